The molecule has 0 bridgehead atoms. The molecule has 0 saturated carbocycles. The maximum Gasteiger partial charge on any atom is 0.255 e. The van der Waals surface area contributed by atoms with E-state index in [1.807, 2.05) is 35.6 Å². The zero-order valence-electron chi connectivity index (χ0n) is 16.8. The third-order valence-corrected chi connectivity index (χ3v) is 6.28. The Morgan fingerprint density at radius 1 is 1.13 bits per heavy atom. The molecule has 0 aliphatic carbocycles. The number of aromatic nitrogens is 2. The molecule has 1 N–H and O–H groups in total. The predicted molar refractivity (Wildman–Crippen MR) is 118 cm³/mol. The number of hydrogen-bond acceptors (Lipinski definition) is 4. The molecule has 2 aromatic carbocycles. The molecule has 30 heavy (non-hydrogen) atoms. The van der Waals surface area contributed by atoms with E-state index < -0.39 is 0 Å². The van der Waals surface area contributed by atoms with E-state index in [9.17, 15) is 9.18 Å². The number of nitrogens with one attached hydrogen (secondary N) is 1. The van der Waals surface area contributed by atoms with E-state index in [-0.39, 0.29) is 11.7 Å². The lowest BCUT2D eigenvalue weighted by Crippen LogP contribution is -2.36. The summed E-state index contributed by atoms with van der Waals surface area (Å²) in [5, 5.41) is 7.26. The molecule has 3 aromatic rings. The van der Waals surface area contributed by atoms with Crippen molar-refractivity contribution in [1.82, 2.24) is 9.78 Å². The molecule has 0 spiro atoms. The van der Waals surface area contributed by atoms with Crippen LogP contribution in [0, 0.1) is 19.7 Å². The molecule has 1 aromatic heterocycles. The minimum Gasteiger partial charge on any atom is -0.378 e. The van der Waals surface area contributed by atoms with Crippen LogP contribution in [0.15, 0.2) is 46.9 Å². The van der Waals surface area contributed by atoms with E-state index in [4.69, 9.17) is 4.74 Å². The molecule has 4 rings (SSSR count). The minimum absolute atomic E-state index is 0.297. The second-order valence-electron chi connectivity index (χ2n) is 7.16. The first kappa shape index (κ1) is 20.6. The largest absolute Gasteiger partial charge is 0.378 e. The number of anilines is 2. The summed E-state index contributed by atoms with van der Waals surface area (Å²) in [4.78, 5) is 14.5. The molecule has 1 fully saturated rings. The van der Waals surface area contributed by atoms with Gasteiger partial charge in [0, 0.05) is 24.3 Å². The fraction of sp³-hybridized carbons (Fsp3) is 0.273. The van der Waals surface area contributed by atoms with Crippen LogP contribution in [0.25, 0.3) is 5.69 Å². The number of hydrogen-bond donors (Lipinski definition) is 1. The Labute approximate surface area is 182 Å². The predicted octanol–water partition coefficient (Wildman–Crippen LogP) is 4.48. The van der Waals surface area contributed by atoms with Gasteiger partial charge in [-0.2, -0.15) is 5.10 Å². The molecule has 2 heterocycles. The quantitative estimate of drug-likeness (QED) is 0.607. The van der Waals surface area contributed by atoms with Crippen molar-refractivity contribution in [3.63, 3.8) is 0 Å². The van der Waals surface area contributed by atoms with Gasteiger partial charge in [0.2, 0.25) is 0 Å². The molecule has 1 amide bonds. The van der Waals surface area contributed by atoms with Crippen molar-refractivity contribution in [2.75, 3.05) is 36.5 Å². The van der Waals surface area contributed by atoms with Gasteiger partial charge in [-0.1, -0.05) is 0 Å². The van der Waals surface area contributed by atoms with Crippen LogP contribution >= 0.6 is 15.9 Å². The highest BCUT2D eigenvalue weighted by Gasteiger charge is 2.16. The monoisotopic (exact) mass is 472 g/mol. The summed E-state index contributed by atoms with van der Waals surface area (Å²) in [6.07, 6.45) is 0. The Hall–Kier alpha value is -2.71. The van der Waals surface area contributed by atoms with Crippen molar-refractivity contribution >= 4 is 33.2 Å². The van der Waals surface area contributed by atoms with Crippen LogP contribution in [0.4, 0.5) is 15.8 Å². The van der Waals surface area contributed by atoms with Gasteiger partial charge in [-0.3, -0.25) is 4.79 Å². The molecule has 1 aliphatic heterocycles. The number of rotatable bonds is 4. The number of aryl methyl sites for hydroxylation is 1. The van der Waals surface area contributed by atoms with Crippen molar-refractivity contribution in [2.24, 2.45) is 0 Å². The van der Waals surface area contributed by atoms with Crippen LogP contribution in [0.1, 0.15) is 21.7 Å². The number of carbonyl (C=O) groups excluding carboxylic acids is 1. The Morgan fingerprint density at radius 3 is 2.43 bits per heavy atom. The Bertz CT molecular complexity index is 1080. The second-order valence-corrected chi connectivity index (χ2v) is 7.96. The zero-order chi connectivity index (χ0) is 21.3. The summed E-state index contributed by atoms with van der Waals surface area (Å²) in [5.41, 5.74) is 4.17. The third kappa shape index (κ3) is 4.11. The average molecular weight is 473 g/mol. The molecule has 0 atom stereocenters. The highest BCUT2D eigenvalue weighted by Crippen LogP contribution is 2.25. The van der Waals surface area contributed by atoms with Crippen LogP contribution in [-0.2, 0) is 4.74 Å². The Kier molecular flexibility index (Phi) is 5.87. The molecule has 6 nitrogen and oxygen atoms in total. The zero-order valence-corrected chi connectivity index (χ0v) is 18.4. The Morgan fingerprint density at radius 2 is 1.83 bits per heavy atom. The lowest BCUT2D eigenvalue weighted by Gasteiger charge is -2.29. The first-order valence-electron chi connectivity index (χ1n) is 9.70. The lowest BCUT2D eigenvalue weighted by molar-refractivity contribution is 0.102. The van der Waals surface area contributed by atoms with E-state index >= 15 is 0 Å². The van der Waals surface area contributed by atoms with Crippen molar-refractivity contribution in [3.05, 3.63) is 69.7 Å². The highest BCUT2D eigenvalue weighted by molar-refractivity contribution is 9.10. The fourth-order valence-corrected chi connectivity index (χ4v) is 3.72. The SMILES string of the molecule is Cc1nn(-c2ccc(C(=O)Nc3ccc(N4CCOCC4)c(F)c3)cc2)c(C)c1Br. The van der Waals surface area contributed by atoms with Gasteiger partial charge in [0.15, 0.2) is 0 Å². The highest BCUT2D eigenvalue weighted by atomic mass is 79.9. The minimum atomic E-state index is -0.361. The van der Waals surface area contributed by atoms with E-state index in [1.165, 1.54) is 6.07 Å². The lowest BCUT2D eigenvalue weighted by atomic mass is 10.1. The van der Waals surface area contributed by atoms with Gasteiger partial charge in [-0.25, -0.2) is 9.07 Å². The van der Waals surface area contributed by atoms with Crippen molar-refractivity contribution in [2.45, 2.75) is 13.8 Å². The second kappa shape index (κ2) is 8.57. The first-order valence-corrected chi connectivity index (χ1v) is 10.5. The summed E-state index contributed by atoms with van der Waals surface area (Å²) in [5.74, 6) is -0.658. The molecule has 156 valence electrons. The van der Waals surface area contributed by atoms with Crippen LogP contribution in [0.2, 0.25) is 0 Å². The summed E-state index contributed by atoms with van der Waals surface area (Å²) < 4.78 is 22.6. The average Bonchev–Trinajstić information content (AvgIpc) is 3.02. The number of halogens is 2. The van der Waals surface area contributed by atoms with Crippen molar-refractivity contribution in [1.29, 1.82) is 0 Å². The van der Waals surface area contributed by atoms with E-state index in [0.717, 1.165) is 21.5 Å². The maximum absolute atomic E-state index is 14.6. The molecule has 1 saturated heterocycles. The summed E-state index contributed by atoms with van der Waals surface area (Å²) >= 11 is 3.52. The van der Waals surface area contributed by atoms with E-state index in [0.29, 0.717) is 43.2 Å². The van der Waals surface area contributed by atoms with Gasteiger partial charge < -0.3 is 15.0 Å². The molecule has 1 aliphatic rings. The van der Waals surface area contributed by atoms with Gasteiger partial charge in [0.25, 0.3) is 5.91 Å². The van der Waals surface area contributed by atoms with E-state index in [1.54, 1.807) is 24.3 Å². The number of ether oxygens (including phenoxy) is 1. The van der Waals surface area contributed by atoms with Gasteiger partial charge in [-0.05, 0) is 72.2 Å². The van der Waals surface area contributed by atoms with Crippen molar-refractivity contribution in [3.8, 4) is 5.69 Å². The number of amides is 1. The molecule has 0 unspecified atom stereocenters. The molecule has 0 radical (unpaired) electrons. The van der Waals surface area contributed by atoms with Crippen LogP contribution < -0.4 is 10.2 Å². The van der Waals surface area contributed by atoms with Crippen LogP contribution in [0.3, 0.4) is 0 Å². The molecular formula is C22H22BrFN4O2. The van der Waals surface area contributed by atoms with Gasteiger partial charge >= 0.3 is 0 Å². The number of benzene rings is 2. The summed E-state index contributed by atoms with van der Waals surface area (Å²) in [6.45, 7) is 6.38. The topological polar surface area (TPSA) is 59.4 Å². The fourth-order valence-electron chi connectivity index (χ4n) is 3.48. The standard InChI is InChI=1S/C22H22BrFN4O2/c1-14-21(23)15(2)28(26-14)18-6-3-16(4-7-18)22(29)25-17-5-8-20(19(24)13-17)27-9-11-30-12-10-27/h3-8,13H,9-12H2,1-2H3,(H,25,29). The van der Waals surface area contributed by atoms with Crippen LogP contribution in [-0.4, -0.2) is 42.0 Å². The maximum atomic E-state index is 14.6. The van der Waals surface area contributed by atoms with E-state index in [2.05, 4.69) is 26.3 Å². The normalized spacial score (nSPS) is 14.1. The van der Waals surface area contributed by atoms with Crippen LogP contribution in [0.5, 0.6) is 0 Å². The Balaban J connectivity index is 1.47. The van der Waals surface area contributed by atoms with Gasteiger partial charge in [-0.15, -0.1) is 0 Å². The number of carbonyl (C=O) groups is 1. The summed E-state index contributed by atoms with van der Waals surface area (Å²) in [7, 11) is 0. The van der Waals surface area contributed by atoms with Gasteiger partial charge in [0.05, 0.1) is 40.4 Å². The molecular weight excluding hydrogens is 451 g/mol. The van der Waals surface area contributed by atoms with Gasteiger partial charge in [0.1, 0.15) is 5.82 Å². The molecule has 8 heteroatoms. The van der Waals surface area contributed by atoms with Crippen molar-refractivity contribution < 1.29 is 13.9 Å². The first-order chi connectivity index (χ1) is 14.4. The number of morpholine rings is 1. The third-order valence-electron chi connectivity index (χ3n) is 5.13. The smallest absolute Gasteiger partial charge is 0.255 e. The number of nitrogens with zero attached hydrogens (tertiary/aromatic N) is 3. The summed E-state index contributed by atoms with van der Waals surface area (Å²) in [6, 6.07) is 11.9.